The van der Waals surface area contributed by atoms with Gasteiger partial charge in [0.1, 0.15) is 0 Å². The lowest BCUT2D eigenvalue weighted by Crippen LogP contribution is -2.37. The summed E-state index contributed by atoms with van der Waals surface area (Å²) in [5.41, 5.74) is 4.05. The topological polar surface area (TPSA) is 42.9 Å². The monoisotopic (exact) mass is 333 g/mol. The van der Waals surface area contributed by atoms with E-state index < -0.39 is 0 Å². The van der Waals surface area contributed by atoms with E-state index in [1.54, 1.807) is 41.2 Å². The van der Waals surface area contributed by atoms with Gasteiger partial charge in [0, 0.05) is 47.3 Å². The number of ketones is 2. The fraction of sp³-hybridized carbons (Fsp3) is 0.190. The SMILES string of the molecule is Cc1cc(C(=O)C[n+]2ccc(C(=O)c3ccccc3)cc2)c(C)n1C. The van der Waals surface area contributed by atoms with Gasteiger partial charge in [-0.1, -0.05) is 30.3 Å². The predicted octanol–water partition coefficient (Wildman–Crippen LogP) is 3.04. The number of rotatable bonds is 5. The van der Waals surface area contributed by atoms with Crippen molar-refractivity contribution >= 4 is 11.6 Å². The summed E-state index contributed by atoms with van der Waals surface area (Å²) >= 11 is 0. The summed E-state index contributed by atoms with van der Waals surface area (Å²) in [7, 11) is 1.96. The lowest BCUT2D eigenvalue weighted by Gasteiger charge is -2.02. The molecule has 126 valence electrons. The van der Waals surface area contributed by atoms with E-state index in [2.05, 4.69) is 0 Å². The molecule has 0 saturated heterocycles. The molecule has 0 atom stereocenters. The van der Waals surface area contributed by atoms with Crippen molar-refractivity contribution in [1.29, 1.82) is 0 Å². The summed E-state index contributed by atoms with van der Waals surface area (Å²) in [5.74, 6) is 0.0435. The van der Waals surface area contributed by atoms with Crippen LogP contribution in [0.2, 0.25) is 0 Å². The maximum absolute atomic E-state index is 12.5. The van der Waals surface area contributed by atoms with Gasteiger partial charge >= 0.3 is 0 Å². The minimum absolute atomic E-state index is 0.0198. The molecule has 0 aliphatic rings. The lowest BCUT2D eigenvalue weighted by molar-refractivity contribution is -0.683. The smallest absolute Gasteiger partial charge is 0.229 e. The highest BCUT2D eigenvalue weighted by atomic mass is 16.1. The molecule has 4 heteroatoms. The van der Waals surface area contributed by atoms with E-state index in [9.17, 15) is 9.59 Å². The molecule has 0 fully saturated rings. The molecule has 3 aromatic rings. The van der Waals surface area contributed by atoms with Crippen LogP contribution < -0.4 is 4.57 Å². The third-order valence-corrected chi connectivity index (χ3v) is 4.59. The van der Waals surface area contributed by atoms with Gasteiger partial charge in [-0.3, -0.25) is 9.59 Å². The molecule has 0 unspecified atom stereocenters. The van der Waals surface area contributed by atoms with Crippen molar-refractivity contribution in [1.82, 2.24) is 4.57 Å². The van der Waals surface area contributed by atoms with Gasteiger partial charge in [0.05, 0.1) is 0 Å². The van der Waals surface area contributed by atoms with Crippen molar-refractivity contribution in [3.05, 3.63) is 89.0 Å². The van der Waals surface area contributed by atoms with E-state index in [1.807, 2.05) is 49.7 Å². The second-order valence-corrected chi connectivity index (χ2v) is 6.22. The summed E-state index contributed by atoms with van der Waals surface area (Å²) in [6.45, 7) is 4.19. The number of carbonyl (C=O) groups is 2. The molecular weight excluding hydrogens is 312 g/mol. The molecule has 2 aromatic heterocycles. The molecule has 25 heavy (non-hydrogen) atoms. The number of benzene rings is 1. The number of carbonyl (C=O) groups excluding carboxylic acids is 2. The van der Waals surface area contributed by atoms with Crippen LogP contribution in [-0.2, 0) is 13.6 Å². The van der Waals surface area contributed by atoms with Crippen LogP contribution in [0.1, 0.15) is 37.7 Å². The Bertz CT molecular complexity index is 923. The van der Waals surface area contributed by atoms with E-state index in [4.69, 9.17) is 0 Å². The van der Waals surface area contributed by atoms with Gasteiger partial charge in [-0.15, -0.1) is 0 Å². The Hall–Kier alpha value is -3.01. The van der Waals surface area contributed by atoms with Crippen LogP contribution in [0, 0.1) is 13.8 Å². The van der Waals surface area contributed by atoms with Crippen LogP contribution in [0.5, 0.6) is 0 Å². The van der Waals surface area contributed by atoms with Gasteiger partial charge in [-0.05, 0) is 19.9 Å². The number of Topliss-reactive ketones (excluding diaryl/α,β-unsaturated/α-hetero) is 1. The number of hydrogen-bond donors (Lipinski definition) is 0. The van der Waals surface area contributed by atoms with Crippen LogP contribution in [-0.4, -0.2) is 16.1 Å². The zero-order valence-corrected chi connectivity index (χ0v) is 14.7. The molecular formula is C21H21N2O2+. The van der Waals surface area contributed by atoms with Gasteiger partial charge in [0.2, 0.25) is 12.3 Å². The molecule has 1 aromatic carbocycles. The molecule has 0 saturated carbocycles. The van der Waals surface area contributed by atoms with E-state index in [-0.39, 0.29) is 18.1 Å². The second kappa shape index (κ2) is 6.85. The highest BCUT2D eigenvalue weighted by Crippen LogP contribution is 2.14. The molecule has 2 heterocycles. The molecule has 0 bridgehead atoms. The van der Waals surface area contributed by atoms with Crippen LogP contribution in [0.4, 0.5) is 0 Å². The average Bonchev–Trinajstić information content (AvgIpc) is 2.90. The predicted molar refractivity (Wildman–Crippen MR) is 95.7 cm³/mol. The first-order chi connectivity index (χ1) is 12.0. The Balaban J connectivity index is 1.75. The minimum atomic E-state index is -0.0198. The summed E-state index contributed by atoms with van der Waals surface area (Å²) in [4.78, 5) is 24.9. The van der Waals surface area contributed by atoms with Crippen molar-refractivity contribution in [3.63, 3.8) is 0 Å². The quantitative estimate of drug-likeness (QED) is 0.532. The van der Waals surface area contributed by atoms with E-state index in [0.717, 1.165) is 17.0 Å². The first-order valence-electron chi connectivity index (χ1n) is 8.22. The van der Waals surface area contributed by atoms with Crippen molar-refractivity contribution < 1.29 is 14.2 Å². The molecule has 0 radical (unpaired) electrons. The Kier molecular flexibility index (Phi) is 4.61. The van der Waals surface area contributed by atoms with Gasteiger partial charge in [-0.2, -0.15) is 4.57 Å². The Morgan fingerprint density at radius 1 is 0.960 bits per heavy atom. The Morgan fingerprint density at radius 3 is 2.12 bits per heavy atom. The van der Waals surface area contributed by atoms with Crippen molar-refractivity contribution in [2.24, 2.45) is 7.05 Å². The third-order valence-electron chi connectivity index (χ3n) is 4.59. The largest absolute Gasteiger partial charge is 0.351 e. The van der Waals surface area contributed by atoms with E-state index in [0.29, 0.717) is 11.1 Å². The van der Waals surface area contributed by atoms with Crippen LogP contribution in [0.25, 0.3) is 0 Å². The zero-order valence-electron chi connectivity index (χ0n) is 14.7. The van der Waals surface area contributed by atoms with Crippen LogP contribution >= 0.6 is 0 Å². The maximum Gasteiger partial charge on any atom is 0.229 e. The molecule has 0 aliphatic heterocycles. The molecule has 0 spiro atoms. The number of pyridine rings is 1. The molecule has 0 amide bonds. The standard InChI is InChI=1S/C21H21N2O2/c1-15-13-19(16(2)22(15)3)20(24)14-23-11-9-18(10-12-23)21(25)17-7-5-4-6-8-17/h4-13H,14H2,1-3H3/q+1. The van der Waals surface area contributed by atoms with Gasteiger partial charge in [-0.25, -0.2) is 0 Å². The van der Waals surface area contributed by atoms with Crippen LogP contribution in [0.3, 0.4) is 0 Å². The fourth-order valence-corrected chi connectivity index (χ4v) is 2.86. The van der Waals surface area contributed by atoms with Crippen LogP contribution in [0.15, 0.2) is 60.9 Å². The van der Waals surface area contributed by atoms with Gasteiger partial charge in [0.15, 0.2) is 18.2 Å². The second-order valence-electron chi connectivity index (χ2n) is 6.22. The number of aryl methyl sites for hydroxylation is 1. The van der Waals surface area contributed by atoms with Crippen molar-refractivity contribution in [2.75, 3.05) is 0 Å². The summed E-state index contributed by atoms with van der Waals surface area (Å²) in [6, 6.07) is 14.6. The lowest BCUT2D eigenvalue weighted by atomic mass is 10.0. The summed E-state index contributed by atoms with van der Waals surface area (Å²) < 4.78 is 3.81. The van der Waals surface area contributed by atoms with E-state index in [1.165, 1.54) is 0 Å². The minimum Gasteiger partial charge on any atom is -0.351 e. The highest BCUT2D eigenvalue weighted by molar-refractivity contribution is 6.08. The third kappa shape index (κ3) is 3.43. The van der Waals surface area contributed by atoms with Crippen molar-refractivity contribution in [2.45, 2.75) is 20.4 Å². The first-order valence-corrected chi connectivity index (χ1v) is 8.22. The number of hydrogen-bond acceptors (Lipinski definition) is 2. The summed E-state index contributed by atoms with van der Waals surface area (Å²) in [6.07, 6.45) is 3.55. The number of aromatic nitrogens is 2. The van der Waals surface area contributed by atoms with E-state index >= 15 is 0 Å². The van der Waals surface area contributed by atoms with Gasteiger partial charge in [0.25, 0.3) is 0 Å². The molecule has 0 N–H and O–H groups in total. The maximum atomic E-state index is 12.5. The fourth-order valence-electron chi connectivity index (χ4n) is 2.86. The first kappa shape index (κ1) is 16.8. The highest BCUT2D eigenvalue weighted by Gasteiger charge is 2.18. The zero-order chi connectivity index (χ0) is 18.0. The Labute approximate surface area is 147 Å². The summed E-state index contributed by atoms with van der Waals surface area (Å²) in [5, 5.41) is 0. The normalized spacial score (nSPS) is 10.7. The average molecular weight is 333 g/mol. The van der Waals surface area contributed by atoms with Gasteiger partial charge < -0.3 is 4.57 Å². The van der Waals surface area contributed by atoms with Crippen molar-refractivity contribution in [3.8, 4) is 0 Å². The number of nitrogens with zero attached hydrogens (tertiary/aromatic N) is 2. The Morgan fingerprint density at radius 2 is 1.56 bits per heavy atom. The molecule has 4 nitrogen and oxygen atoms in total. The molecule has 3 rings (SSSR count). The molecule has 0 aliphatic carbocycles.